The number of likely N-dealkylation sites (N-methyl/N-ethyl adjacent to an activating group) is 1. The van der Waals surface area contributed by atoms with Crippen molar-refractivity contribution in [2.24, 2.45) is 11.8 Å². The Morgan fingerprint density at radius 1 is 1.20 bits per heavy atom. The normalized spacial score (nSPS) is 17.9. The Hall–Kier alpha value is -2.68. The first-order chi connectivity index (χ1) is 19.2. The quantitative estimate of drug-likeness (QED) is 0.249. The second kappa shape index (κ2) is 15.4. The molecule has 3 atom stereocenters. The third-order valence-electron chi connectivity index (χ3n) is 7.80. The summed E-state index contributed by atoms with van der Waals surface area (Å²) >= 11 is 0. The molecule has 1 aliphatic heterocycles. The van der Waals surface area contributed by atoms with Gasteiger partial charge in [0.1, 0.15) is 17.3 Å². The van der Waals surface area contributed by atoms with E-state index in [2.05, 4.69) is 24.5 Å². The number of carbonyl (C=O) groups is 1. The van der Waals surface area contributed by atoms with Gasteiger partial charge in [0.15, 0.2) is 0 Å². The largest absolute Gasteiger partial charge is 0.457 e. The van der Waals surface area contributed by atoms with Crippen LogP contribution in [0.3, 0.4) is 0 Å². The zero-order valence-electron chi connectivity index (χ0n) is 24.8. The molecule has 0 spiro atoms. The van der Waals surface area contributed by atoms with E-state index in [1.807, 2.05) is 43.1 Å². The van der Waals surface area contributed by atoms with E-state index in [4.69, 9.17) is 9.47 Å². The third-order valence-corrected chi connectivity index (χ3v) is 7.80. The number of aryl methyl sites for hydroxylation is 1. The van der Waals surface area contributed by atoms with Crippen LogP contribution in [0.5, 0.6) is 11.5 Å². The van der Waals surface area contributed by atoms with Gasteiger partial charge in [0, 0.05) is 56.9 Å². The van der Waals surface area contributed by atoms with Crippen LogP contribution < -0.4 is 15.4 Å². The molecule has 40 heavy (non-hydrogen) atoms. The van der Waals surface area contributed by atoms with Crippen molar-refractivity contribution in [3.05, 3.63) is 59.4 Å². The molecule has 0 aliphatic carbocycles. The first-order valence-electron chi connectivity index (χ1n) is 14.6. The molecule has 2 aromatic rings. The molecule has 1 unspecified atom stereocenters. The van der Waals surface area contributed by atoms with E-state index in [-0.39, 0.29) is 23.8 Å². The number of unbranched alkanes of at least 4 members (excludes halogenated alkanes) is 1. The summed E-state index contributed by atoms with van der Waals surface area (Å²) in [6, 6.07) is 11.9. The van der Waals surface area contributed by atoms with Crippen LogP contribution in [-0.2, 0) is 10.3 Å². The Morgan fingerprint density at radius 3 is 2.70 bits per heavy atom. The molecule has 2 amide bonds. The number of aliphatic hydroxyl groups is 1. The predicted octanol–water partition coefficient (Wildman–Crippen LogP) is 5.99. The maximum atomic E-state index is 14.1. The van der Waals surface area contributed by atoms with Crippen LogP contribution in [0.25, 0.3) is 0 Å². The highest BCUT2D eigenvalue weighted by Gasteiger charge is 2.43. The van der Waals surface area contributed by atoms with Crippen molar-refractivity contribution in [1.29, 1.82) is 0 Å². The first kappa shape index (κ1) is 31.8. The number of halogens is 1. The number of carbonyl (C=O) groups excluding carboxylic acids is 1. The lowest BCUT2D eigenvalue weighted by molar-refractivity contribution is -0.0575. The van der Waals surface area contributed by atoms with Gasteiger partial charge in [-0.05, 0) is 76.1 Å². The van der Waals surface area contributed by atoms with E-state index >= 15 is 0 Å². The van der Waals surface area contributed by atoms with Gasteiger partial charge in [-0.2, -0.15) is 0 Å². The first-order valence-corrected chi connectivity index (χ1v) is 14.6. The molecule has 2 aromatic carbocycles. The van der Waals surface area contributed by atoms with Crippen molar-refractivity contribution >= 4 is 6.03 Å². The van der Waals surface area contributed by atoms with Crippen LogP contribution in [-0.4, -0.2) is 62.5 Å². The highest BCUT2D eigenvalue weighted by atomic mass is 19.1. The Bertz CT molecular complexity index is 1080. The Kier molecular flexibility index (Phi) is 12.2. The van der Waals surface area contributed by atoms with Gasteiger partial charge in [0.2, 0.25) is 0 Å². The molecule has 3 rings (SSSR count). The van der Waals surface area contributed by atoms with Crippen LogP contribution >= 0.6 is 0 Å². The molecule has 7 nitrogen and oxygen atoms in total. The Labute approximate surface area is 239 Å². The number of piperidine rings is 1. The van der Waals surface area contributed by atoms with E-state index in [0.717, 1.165) is 37.7 Å². The number of methoxy groups -OCH3 is 1. The maximum absolute atomic E-state index is 14.1. The van der Waals surface area contributed by atoms with Crippen LogP contribution in [0.2, 0.25) is 0 Å². The van der Waals surface area contributed by atoms with E-state index < -0.39 is 5.60 Å². The fourth-order valence-corrected chi connectivity index (χ4v) is 5.74. The molecule has 0 aromatic heterocycles. The molecular weight excluding hydrogens is 509 g/mol. The van der Waals surface area contributed by atoms with Crippen LogP contribution in [0.15, 0.2) is 42.5 Å². The van der Waals surface area contributed by atoms with Crippen molar-refractivity contribution in [1.82, 2.24) is 15.5 Å². The summed E-state index contributed by atoms with van der Waals surface area (Å²) in [6.45, 7) is 8.57. The zero-order valence-corrected chi connectivity index (χ0v) is 24.8. The molecule has 1 heterocycles. The molecule has 0 radical (unpaired) electrons. The number of hydrogen-bond donors (Lipinski definition) is 3. The molecule has 1 aliphatic rings. The molecule has 0 bridgehead atoms. The van der Waals surface area contributed by atoms with Gasteiger partial charge in [-0.25, -0.2) is 9.18 Å². The molecule has 1 saturated heterocycles. The number of hydrogen-bond acceptors (Lipinski definition) is 5. The minimum absolute atomic E-state index is 0.0365. The fraction of sp³-hybridized carbons (Fsp3) is 0.594. The summed E-state index contributed by atoms with van der Waals surface area (Å²) < 4.78 is 25.6. The van der Waals surface area contributed by atoms with Gasteiger partial charge >= 0.3 is 6.03 Å². The second-order valence-corrected chi connectivity index (χ2v) is 11.5. The summed E-state index contributed by atoms with van der Waals surface area (Å²) in [6.07, 6.45) is 4.52. The van der Waals surface area contributed by atoms with Crippen molar-refractivity contribution < 1.29 is 23.8 Å². The minimum Gasteiger partial charge on any atom is -0.457 e. The lowest BCUT2D eigenvalue weighted by Gasteiger charge is -2.43. The number of ether oxygens (including phenoxy) is 2. The average molecular weight is 558 g/mol. The zero-order chi connectivity index (χ0) is 29.1. The highest BCUT2D eigenvalue weighted by molar-refractivity contribution is 5.74. The Balaban J connectivity index is 1.89. The van der Waals surface area contributed by atoms with Gasteiger partial charge in [-0.1, -0.05) is 38.1 Å². The molecule has 0 saturated carbocycles. The minimum atomic E-state index is -1.24. The molecule has 1 fully saturated rings. The summed E-state index contributed by atoms with van der Waals surface area (Å²) in [5.41, 5.74) is 0.224. The summed E-state index contributed by atoms with van der Waals surface area (Å²) in [4.78, 5) is 15.2. The number of benzene rings is 2. The summed E-state index contributed by atoms with van der Waals surface area (Å²) in [5, 5.41) is 18.9. The van der Waals surface area contributed by atoms with Gasteiger partial charge in [-0.15, -0.1) is 0 Å². The SMILES string of the molecule is CNCC(CC(C)C)NC(=O)N1CCC[C@@H]([C@@](O)(CCCCOC)c2ccccc2Oc2cc(F)ccc2C)C1. The van der Waals surface area contributed by atoms with Gasteiger partial charge in [-0.3, -0.25) is 0 Å². The molecule has 3 N–H and O–H groups in total. The van der Waals surface area contributed by atoms with Crippen LogP contribution in [0, 0.1) is 24.6 Å². The number of rotatable bonds is 14. The lowest BCUT2D eigenvalue weighted by Crippen LogP contribution is -2.54. The smallest absolute Gasteiger partial charge is 0.317 e. The van der Waals surface area contributed by atoms with Gasteiger partial charge in [0.05, 0.1) is 5.60 Å². The molecule has 8 heteroatoms. The topological polar surface area (TPSA) is 83.1 Å². The van der Waals surface area contributed by atoms with Gasteiger partial charge in [0.25, 0.3) is 0 Å². The van der Waals surface area contributed by atoms with E-state index in [1.165, 1.54) is 12.1 Å². The number of nitrogens with one attached hydrogen (secondary N) is 2. The highest BCUT2D eigenvalue weighted by Crippen LogP contribution is 2.44. The Morgan fingerprint density at radius 2 is 1.98 bits per heavy atom. The number of para-hydroxylation sites is 1. The van der Waals surface area contributed by atoms with Crippen molar-refractivity contribution in [2.45, 2.75) is 70.9 Å². The number of amides is 2. The third kappa shape index (κ3) is 8.66. The number of nitrogens with zero attached hydrogens (tertiary/aromatic N) is 1. The lowest BCUT2D eigenvalue weighted by atomic mass is 9.73. The standard InChI is InChI=1S/C32H48FN3O4/c1-23(2)19-27(21-34-4)35-31(37)36-17-10-11-25(22-36)32(38,16-8-9-18-39-5)28-12-6-7-13-29(28)40-30-20-26(33)15-14-24(30)3/h6-7,12-15,20,23,25,27,34,38H,8-11,16-19,21-22H2,1-5H3,(H,35,37)/t25-,27?,32+/m1/s1. The number of likely N-dealkylation sites (tertiary alicyclic amines) is 1. The summed E-state index contributed by atoms with van der Waals surface area (Å²) in [5.74, 6) is 0.803. The summed E-state index contributed by atoms with van der Waals surface area (Å²) in [7, 11) is 3.57. The molecular formula is C32H48FN3O4. The number of urea groups is 1. The van der Waals surface area contributed by atoms with E-state index in [0.29, 0.717) is 55.6 Å². The van der Waals surface area contributed by atoms with Crippen LogP contribution in [0.1, 0.15) is 63.5 Å². The predicted molar refractivity (Wildman–Crippen MR) is 157 cm³/mol. The maximum Gasteiger partial charge on any atom is 0.317 e. The molecule has 222 valence electrons. The second-order valence-electron chi connectivity index (χ2n) is 11.5. The van der Waals surface area contributed by atoms with Crippen molar-refractivity contribution in [2.75, 3.05) is 40.4 Å². The monoisotopic (exact) mass is 557 g/mol. The van der Waals surface area contributed by atoms with Crippen LogP contribution in [0.4, 0.5) is 9.18 Å². The van der Waals surface area contributed by atoms with Crippen molar-refractivity contribution in [3.63, 3.8) is 0 Å². The van der Waals surface area contributed by atoms with Crippen molar-refractivity contribution in [3.8, 4) is 11.5 Å². The average Bonchev–Trinajstić information content (AvgIpc) is 2.93. The van der Waals surface area contributed by atoms with Gasteiger partial charge < -0.3 is 30.1 Å². The van der Waals surface area contributed by atoms with E-state index in [1.54, 1.807) is 13.2 Å². The van der Waals surface area contributed by atoms with E-state index in [9.17, 15) is 14.3 Å². The fourth-order valence-electron chi connectivity index (χ4n) is 5.74.